The first-order valence-electron chi connectivity index (χ1n) is 9.65. The summed E-state index contributed by atoms with van der Waals surface area (Å²) < 4.78 is 10.8. The number of aromatic nitrogens is 2. The average Bonchev–Trinajstić information content (AvgIpc) is 3.26. The first-order valence-corrected chi connectivity index (χ1v) is 9.65. The highest BCUT2D eigenvalue weighted by Crippen LogP contribution is 2.35. The van der Waals surface area contributed by atoms with Crippen LogP contribution >= 0.6 is 0 Å². The number of amides is 1. The molecule has 2 aromatic heterocycles. The van der Waals surface area contributed by atoms with Gasteiger partial charge in [-0.3, -0.25) is 4.79 Å². The fourth-order valence-electron chi connectivity index (χ4n) is 3.02. The summed E-state index contributed by atoms with van der Waals surface area (Å²) in [6.07, 6.45) is 0. The minimum absolute atomic E-state index is 0.167. The second kappa shape index (κ2) is 8.48. The summed E-state index contributed by atoms with van der Waals surface area (Å²) in [4.78, 5) is 13.7. The molecule has 1 amide bonds. The van der Waals surface area contributed by atoms with Crippen LogP contribution in [0.1, 0.15) is 47.3 Å². The van der Waals surface area contributed by atoms with Crippen molar-refractivity contribution in [2.75, 3.05) is 24.7 Å². The molecule has 0 fully saturated rings. The molecule has 0 bridgehead atoms. The number of aromatic hydroxyl groups is 1. The molecule has 3 aromatic rings. The van der Waals surface area contributed by atoms with Crippen molar-refractivity contribution in [2.24, 2.45) is 5.92 Å². The van der Waals surface area contributed by atoms with Crippen LogP contribution in [-0.2, 0) is 0 Å². The van der Waals surface area contributed by atoms with Gasteiger partial charge in [0.2, 0.25) is 11.6 Å². The van der Waals surface area contributed by atoms with Crippen LogP contribution in [0.2, 0.25) is 0 Å². The van der Waals surface area contributed by atoms with Crippen molar-refractivity contribution in [3.63, 3.8) is 0 Å². The van der Waals surface area contributed by atoms with Crippen molar-refractivity contribution in [3.8, 4) is 5.75 Å². The van der Waals surface area contributed by atoms with E-state index in [0.717, 1.165) is 17.1 Å². The average molecular weight is 413 g/mol. The minimum Gasteiger partial charge on any atom is -0.505 e. The molecule has 0 saturated carbocycles. The number of phenols is 1. The Labute approximate surface area is 175 Å². The Balaban J connectivity index is 1.87. The van der Waals surface area contributed by atoms with Crippen LogP contribution < -0.4 is 10.6 Å². The molecular formula is C21H27N5O4. The summed E-state index contributed by atoms with van der Waals surface area (Å²) in [5.74, 6) is 2.00. The standard InChI is InChI=1S/C21H27N5O4/c1-11(2)17(16-10-12(3)13(4)29-16)23-20-19(24-30-25-20)22-15-9-7-8-14(18(15)27)21(28)26(5)6/h7-11,17,27H,1-6H3,(H,22,24)(H,23,25)/t17-/m1/s1. The number of para-hydroxylation sites is 1. The Bertz CT molecular complexity index is 1020. The highest BCUT2D eigenvalue weighted by Gasteiger charge is 2.24. The van der Waals surface area contributed by atoms with Gasteiger partial charge in [0, 0.05) is 14.1 Å². The normalized spacial score (nSPS) is 12.1. The third kappa shape index (κ3) is 4.24. The van der Waals surface area contributed by atoms with Crippen LogP contribution in [-0.4, -0.2) is 40.3 Å². The zero-order valence-corrected chi connectivity index (χ0v) is 18.0. The fraction of sp³-hybridized carbons (Fsp3) is 0.381. The number of nitrogens with zero attached hydrogens (tertiary/aromatic N) is 3. The number of carbonyl (C=O) groups excluding carboxylic acids is 1. The van der Waals surface area contributed by atoms with Crippen LogP contribution in [0.15, 0.2) is 33.3 Å². The maximum Gasteiger partial charge on any atom is 0.257 e. The van der Waals surface area contributed by atoms with Crippen molar-refractivity contribution in [1.82, 2.24) is 15.2 Å². The SMILES string of the molecule is Cc1cc([C@H](Nc2nonc2Nc2cccc(C(=O)N(C)C)c2O)C(C)C)oc1C. The van der Waals surface area contributed by atoms with Gasteiger partial charge < -0.3 is 25.1 Å². The zero-order chi connectivity index (χ0) is 22.0. The minimum atomic E-state index is -0.309. The van der Waals surface area contributed by atoms with Gasteiger partial charge in [-0.25, -0.2) is 4.63 Å². The summed E-state index contributed by atoms with van der Waals surface area (Å²) in [5.41, 5.74) is 1.56. The number of aryl methyl sites for hydroxylation is 2. The lowest BCUT2D eigenvalue weighted by atomic mass is 10.0. The van der Waals surface area contributed by atoms with Gasteiger partial charge in [-0.2, -0.15) is 0 Å². The molecule has 3 N–H and O–H groups in total. The number of hydrogen-bond acceptors (Lipinski definition) is 8. The summed E-state index contributed by atoms with van der Waals surface area (Å²) in [5, 5.41) is 24.7. The third-order valence-electron chi connectivity index (χ3n) is 4.86. The number of nitrogens with one attached hydrogen (secondary N) is 2. The monoisotopic (exact) mass is 413 g/mol. The van der Waals surface area contributed by atoms with Crippen molar-refractivity contribution in [2.45, 2.75) is 33.7 Å². The largest absolute Gasteiger partial charge is 0.505 e. The van der Waals surface area contributed by atoms with E-state index < -0.39 is 0 Å². The first-order chi connectivity index (χ1) is 14.2. The number of furan rings is 1. The van der Waals surface area contributed by atoms with Gasteiger partial charge in [0.25, 0.3) is 5.91 Å². The molecule has 1 atom stereocenters. The zero-order valence-electron chi connectivity index (χ0n) is 18.0. The Kier molecular flexibility index (Phi) is 6.00. The summed E-state index contributed by atoms with van der Waals surface area (Å²) in [7, 11) is 3.24. The van der Waals surface area contributed by atoms with Gasteiger partial charge in [0.05, 0.1) is 17.3 Å². The molecule has 30 heavy (non-hydrogen) atoms. The van der Waals surface area contributed by atoms with E-state index in [1.54, 1.807) is 32.3 Å². The van der Waals surface area contributed by atoms with E-state index in [-0.39, 0.29) is 35.0 Å². The Morgan fingerprint density at radius 1 is 1.17 bits per heavy atom. The molecule has 3 rings (SSSR count). The molecule has 0 aliphatic carbocycles. The van der Waals surface area contributed by atoms with Crippen molar-refractivity contribution < 1.29 is 18.9 Å². The maximum absolute atomic E-state index is 12.3. The molecule has 2 heterocycles. The van der Waals surface area contributed by atoms with Gasteiger partial charge in [0.1, 0.15) is 11.5 Å². The molecule has 160 valence electrons. The maximum atomic E-state index is 12.3. The number of benzene rings is 1. The van der Waals surface area contributed by atoms with Gasteiger partial charge in [-0.05, 0) is 53.8 Å². The van der Waals surface area contributed by atoms with E-state index in [1.165, 1.54) is 4.90 Å². The molecule has 0 radical (unpaired) electrons. The van der Waals surface area contributed by atoms with E-state index in [9.17, 15) is 9.90 Å². The van der Waals surface area contributed by atoms with Crippen LogP contribution in [0.5, 0.6) is 5.75 Å². The molecular weight excluding hydrogens is 386 g/mol. The van der Waals surface area contributed by atoms with E-state index >= 15 is 0 Å². The summed E-state index contributed by atoms with van der Waals surface area (Å²) in [6, 6.07) is 6.69. The second-order valence-electron chi connectivity index (χ2n) is 7.74. The molecule has 9 nitrogen and oxygen atoms in total. The second-order valence-corrected chi connectivity index (χ2v) is 7.74. The predicted octanol–water partition coefficient (Wildman–Crippen LogP) is 4.24. The summed E-state index contributed by atoms with van der Waals surface area (Å²) in [6.45, 7) is 8.04. The number of rotatable bonds is 7. The van der Waals surface area contributed by atoms with Crippen molar-refractivity contribution >= 4 is 23.2 Å². The highest BCUT2D eigenvalue weighted by atomic mass is 16.6. The van der Waals surface area contributed by atoms with Crippen LogP contribution in [0.3, 0.4) is 0 Å². The van der Waals surface area contributed by atoms with E-state index in [4.69, 9.17) is 9.05 Å². The topological polar surface area (TPSA) is 117 Å². The van der Waals surface area contributed by atoms with Gasteiger partial charge in [-0.1, -0.05) is 19.9 Å². The van der Waals surface area contributed by atoms with E-state index in [1.807, 2.05) is 19.9 Å². The molecule has 0 aliphatic rings. The smallest absolute Gasteiger partial charge is 0.257 e. The number of anilines is 3. The quantitative estimate of drug-likeness (QED) is 0.493. The number of phenolic OH excluding ortho intramolecular Hbond substituents is 1. The molecule has 0 aliphatic heterocycles. The van der Waals surface area contributed by atoms with Crippen LogP contribution in [0, 0.1) is 19.8 Å². The predicted molar refractivity (Wildman–Crippen MR) is 113 cm³/mol. The van der Waals surface area contributed by atoms with Gasteiger partial charge in [0.15, 0.2) is 5.75 Å². The molecule has 0 saturated heterocycles. The summed E-state index contributed by atoms with van der Waals surface area (Å²) >= 11 is 0. The Morgan fingerprint density at radius 2 is 1.87 bits per heavy atom. The van der Waals surface area contributed by atoms with Gasteiger partial charge >= 0.3 is 0 Å². The molecule has 0 unspecified atom stereocenters. The van der Waals surface area contributed by atoms with E-state index in [0.29, 0.717) is 11.5 Å². The number of carbonyl (C=O) groups is 1. The fourth-order valence-corrected chi connectivity index (χ4v) is 3.02. The Hall–Kier alpha value is -3.49. The van der Waals surface area contributed by atoms with Crippen molar-refractivity contribution in [3.05, 3.63) is 46.9 Å². The van der Waals surface area contributed by atoms with Crippen molar-refractivity contribution in [1.29, 1.82) is 0 Å². The number of hydrogen-bond donors (Lipinski definition) is 3. The van der Waals surface area contributed by atoms with Gasteiger partial charge in [-0.15, -0.1) is 0 Å². The Morgan fingerprint density at radius 3 is 2.47 bits per heavy atom. The van der Waals surface area contributed by atoms with E-state index in [2.05, 4.69) is 34.8 Å². The highest BCUT2D eigenvalue weighted by molar-refractivity contribution is 5.98. The lowest BCUT2D eigenvalue weighted by Gasteiger charge is -2.20. The van der Waals surface area contributed by atoms with Crippen LogP contribution in [0.4, 0.5) is 17.3 Å². The molecule has 9 heteroatoms. The lowest BCUT2D eigenvalue weighted by molar-refractivity contribution is 0.0824. The van der Waals surface area contributed by atoms with Crippen LogP contribution in [0.25, 0.3) is 0 Å². The lowest BCUT2D eigenvalue weighted by Crippen LogP contribution is -2.21. The molecule has 0 spiro atoms. The third-order valence-corrected chi connectivity index (χ3v) is 4.86. The molecule has 1 aromatic carbocycles. The first kappa shape index (κ1) is 21.2.